The zero-order chi connectivity index (χ0) is 12.2. The smallest absolute Gasteiger partial charge is 0.243 e. The van der Waals surface area contributed by atoms with Gasteiger partial charge >= 0.3 is 0 Å². The molecule has 1 heterocycles. The molecule has 4 nitrogen and oxygen atoms in total. The molecule has 0 amide bonds. The predicted octanol–water partition coefficient (Wildman–Crippen LogP) is 1.72. The molecule has 1 aromatic heterocycles. The number of thioether (sulfide) groups is 1. The summed E-state index contributed by atoms with van der Waals surface area (Å²) in [5, 5.41) is 0.180. The van der Waals surface area contributed by atoms with Crippen molar-refractivity contribution in [3.63, 3.8) is 0 Å². The third-order valence-corrected chi connectivity index (χ3v) is 4.67. The van der Waals surface area contributed by atoms with Crippen molar-refractivity contribution in [2.45, 2.75) is 4.90 Å². The van der Waals surface area contributed by atoms with Crippen LogP contribution in [0.15, 0.2) is 23.2 Å². The number of halogens is 1. The lowest BCUT2D eigenvalue weighted by atomic mass is 10.5. The summed E-state index contributed by atoms with van der Waals surface area (Å²) in [4.78, 5) is 3.93. The highest BCUT2D eigenvalue weighted by Gasteiger charge is 2.20. The van der Waals surface area contributed by atoms with Crippen LogP contribution in [0.2, 0.25) is 5.15 Å². The molecule has 0 saturated heterocycles. The highest BCUT2D eigenvalue weighted by Crippen LogP contribution is 2.16. The standard InChI is InChI=1S/C9H13ClN2O2S2/c1-12(5-6-15-2)16(13,14)8-3-4-11-9(10)7-8/h3-4,7H,5-6H2,1-2H3. The van der Waals surface area contributed by atoms with Gasteiger partial charge in [0.15, 0.2) is 0 Å². The first-order valence-electron chi connectivity index (χ1n) is 4.55. The monoisotopic (exact) mass is 280 g/mol. The van der Waals surface area contributed by atoms with Gasteiger partial charge in [0.2, 0.25) is 10.0 Å². The van der Waals surface area contributed by atoms with Crippen LogP contribution >= 0.6 is 23.4 Å². The summed E-state index contributed by atoms with van der Waals surface area (Å²) >= 11 is 7.26. The van der Waals surface area contributed by atoms with Crippen molar-refractivity contribution in [2.75, 3.05) is 25.6 Å². The zero-order valence-corrected chi connectivity index (χ0v) is 11.4. The van der Waals surface area contributed by atoms with Gasteiger partial charge in [-0.2, -0.15) is 11.8 Å². The number of hydrogen-bond acceptors (Lipinski definition) is 4. The van der Waals surface area contributed by atoms with Crippen LogP contribution in [0.1, 0.15) is 0 Å². The topological polar surface area (TPSA) is 50.3 Å². The van der Waals surface area contributed by atoms with Gasteiger partial charge in [-0.25, -0.2) is 17.7 Å². The molecule has 0 aromatic carbocycles. The molecule has 0 bridgehead atoms. The number of pyridine rings is 1. The summed E-state index contributed by atoms with van der Waals surface area (Å²) < 4.78 is 25.4. The van der Waals surface area contributed by atoms with E-state index in [2.05, 4.69) is 4.98 Å². The van der Waals surface area contributed by atoms with Crippen molar-refractivity contribution >= 4 is 33.4 Å². The molecular weight excluding hydrogens is 268 g/mol. The number of sulfonamides is 1. The van der Waals surface area contributed by atoms with Crippen molar-refractivity contribution in [3.05, 3.63) is 23.5 Å². The van der Waals surface area contributed by atoms with Gasteiger partial charge in [-0.05, 0) is 18.4 Å². The van der Waals surface area contributed by atoms with E-state index in [1.54, 1.807) is 18.8 Å². The SMILES string of the molecule is CSCCN(C)S(=O)(=O)c1ccnc(Cl)c1. The van der Waals surface area contributed by atoms with Crippen molar-refractivity contribution < 1.29 is 8.42 Å². The maximum atomic E-state index is 12.0. The van der Waals surface area contributed by atoms with Crippen LogP contribution in [-0.2, 0) is 10.0 Å². The molecule has 0 radical (unpaired) electrons. The van der Waals surface area contributed by atoms with Gasteiger partial charge in [0.1, 0.15) is 5.15 Å². The van der Waals surface area contributed by atoms with E-state index in [1.807, 2.05) is 6.26 Å². The first kappa shape index (κ1) is 13.8. The van der Waals surface area contributed by atoms with E-state index in [0.29, 0.717) is 6.54 Å². The molecule has 7 heteroatoms. The minimum Gasteiger partial charge on any atom is -0.244 e. The van der Waals surface area contributed by atoms with E-state index in [4.69, 9.17) is 11.6 Å². The summed E-state index contributed by atoms with van der Waals surface area (Å²) in [6, 6.07) is 2.79. The molecular formula is C9H13ClN2O2S2. The van der Waals surface area contributed by atoms with Gasteiger partial charge < -0.3 is 0 Å². The molecule has 90 valence electrons. The molecule has 0 N–H and O–H groups in total. The average molecular weight is 281 g/mol. The Bertz CT molecular complexity index is 451. The molecule has 0 aliphatic rings. The first-order chi connectivity index (χ1) is 7.48. The second kappa shape index (κ2) is 5.86. The predicted molar refractivity (Wildman–Crippen MR) is 67.4 cm³/mol. The third kappa shape index (κ3) is 3.35. The number of hydrogen-bond donors (Lipinski definition) is 0. The highest BCUT2D eigenvalue weighted by molar-refractivity contribution is 7.98. The van der Waals surface area contributed by atoms with Gasteiger partial charge in [0.05, 0.1) is 4.90 Å². The fraction of sp³-hybridized carbons (Fsp3) is 0.444. The second-order valence-electron chi connectivity index (χ2n) is 3.13. The Morgan fingerprint density at radius 2 is 2.25 bits per heavy atom. The van der Waals surface area contributed by atoms with E-state index in [0.717, 1.165) is 5.75 Å². The normalized spacial score (nSPS) is 12.0. The molecule has 0 saturated carbocycles. The Balaban J connectivity index is 2.93. The van der Waals surface area contributed by atoms with Gasteiger partial charge in [-0.1, -0.05) is 11.6 Å². The van der Waals surface area contributed by atoms with Gasteiger partial charge in [-0.15, -0.1) is 0 Å². The lowest BCUT2D eigenvalue weighted by Crippen LogP contribution is -2.29. The van der Waals surface area contributed by atoms with E-state index in [9.17, 15) is 8.42 Å². The Hall–Kier alpha value is -0.300. The third-order valence-electron chi connectivity index (χ3n) is 2.02. The van der Waals surface area contributed by atoms with Crippen LogP contribution in [0, 0.1) is 0 Å². The maximum absolute atomic E-state index is 12.0. The Kier molecular flexibility index (Phi) is 5.04. The largest absolute Gasteiger partial charge is 0.244 e. The number of nitrogens with zero attached hydrogens (tertiary/aromatic N) is 2. The molecule has 0 atom stereocenters. The van der Waals surface area contributed by atoms with Crippen LogP contribution < -0.4 is 0 Å². The maximum Gasteiger partial charge on any atom is 0.243 e. The Morgan fingerprint density at radius 1 is 1.56 bits per heavy atom. The molecule has 0 unspecified atom stereocenters. The van der Waals surface area contributed by atoms with E-state index in [-0.39, 0.29) is 10.0 Å². The van der Waals surface area contributed by atoms with Gasteiger partial charge in [-0.3, -0.25) is 0 Å². The van der Waals surface area contributed by atoms with Crippen molar-refractivity contribution in [3.8, 4) is 0 Å². The van der Waals surface area contributed by atoms with Gasteiger partial charge in [0, 0.05) is 25.5 Å². The fourth-order valence-corrected chi connectivity index (χ4v) is 3.06. The molecule has 1 aromatic rings. The van der Waals surface area contributed by atoms with E-state index >= 15 is 0 Å². The first-order valence-corrected chi connectivity index (χ1v) is 7.76. The molecule has 1 rings (SSSR count). The lowest BCUT2D eigenvalue weighted by Gasteiger charge is -2.16. The zero-order valence-electron chi connectivity index (χ0n) is 9.05. The minimum atomic E-state index is -3.44. The van der Waals surface area contributed by atoms with Crippen LogP contribution in [0.4, 0.5) is 0 Å². The summed E-state index contributed by atoms with van der Waals surface area (Å²) in [7, 11) is -1.88. The molecule has 0 fully saturated rings. The quantitative estimate of drug-likeness (QED) is 0.771. The Labute approximate surface area is 105 Å². The van der Waals surface area contributed by atoms with Gasteiger partial charge in [0.25, 0.3) is 0 Å². The summed E-state index contributed by atoms with van der Waals surface area (Å²) in [6.07, 6.45) is 3.32. The summed E-state index contributed by atoms with van der Waals surface area (Å²) in [5.74, 6) is 0.758. The van der Waals surface area contributed by atoms with Crippen LogP contribution in [0.5, 0.6) is 0 Å². The minimum absolute atomic E-state index is 0.177. The van der Waals surface area contributed by atoms with E-state index < -0.39 is 10.0 Å². The summed E-state index contributed by atoms with van der Waals surface area (Å²) in [6.45, 7) is 0.476. The highest BCUT2D eigenvalue weighted by atomic mass is 35.5. The summed E-state index contributed by atoms with van der Waals surface area (Å²) in [5.41, 5.74) is 0. The van der Waals surface area contributed by atoms with Crippen molar-refractivity contribution in [1.82, 2.24) is 9.29 Å². The van der Waals surface area contributed by atoms with Crippen LogP contribution in [0.3, 0.4) is 0 Å². The van der Waals surface area contributed by atoms with Crippen molar-refractivity contribution in [1.29, 1.82) is 0 Å². The fourth-order valence-electron chi connectivity index (χ4n) is 1.07. The lowest BCUT2D eigenvalue weighted by molar-refractivity contribution is 0.488. The number of aromatic nitrogens is 1. The molecule has 0 aliphatic heterocycles. The molecule has 0 spiro atoms. The molecule has 0 aliphatic carbocycles. The van der Waals surface area contributed by atoms with Crippen LogP contribution in [-0.4, -0.2) is 43.3 Å². The molecule has 16 heavy (non-hydrogen) atoms. The number of rotatable bonds is 5. The van der Waals surface area contributed by atoms with E-state index in [1.165, 1.54) is 22.6 Å². The average Bonchev–Trinajstić information content (AvgIpc) is 2.25. The Morgan fingerprint density at radius 3 is 2.81 bits per heavy atom. The second-order valence-corrected chi connectivity index (χ2v) is 6.55. The van der Waals surface area contributed by atoms with Crippen LogP contribution in [0.25, 0.3) is 0 Å². The van der Waals surface area contributed by atoms with Crippen molar-refractivity contribution in [2.24, 2.45) is 0 Å².